The molecule has 1 aliphatic rings. The molecule has 168 valence electrons. The Morgan fingerprint density at radius 3 is 2.22 bits per heavy atom. The van der Waals surface area contributed by atoms with Gasteiger partial charge in [0.1, 0.15) is 5.82 Å². The van der Waals surface area contributed by atoms with Crippen molar-refractivity contribution in [3.63, 3.8) is 0 Å². The van der Waals surface area contributed by atoms with E-state index in [1.807, 2.05) is 30.3 Å². The predicted molar refractivity (Wildman–Crippen MR) is 120 cm³/mol. The Balaban J connectivity index is 1.40. The third-order valence-corrected chi connectivity index (χ3v) is 7.60. The molecule has 1 amide bonds. The van der Waals surface area contributed by atoms with Gasteiger partial charge in [0.15, 0.2) is 9.84 Å². The molecule has 8 nitrogen and oxygen atoms in total. The highest BCUT2D eigenvalue weighted by molar-refractivity contribution is 7.91. The van der Waals surface area contributed by atoms with Crippen molar-refractivity contribution in [3.8, 4) is 5.69 Å². The summed E-state index contributed by atoms with van der Waals surface area (Å²) in [4.78, 5) is 27.2. The van der Waals surface area contributed by atoms with E-state index in [4.69, 9.17) is 0 Å². The maximum absolute atomic E-state index is 12.7. The quantitative estimate of drug-likeness (QED) is 0.569. The van der Waals surface area contributed by atoms with Gasteiger partial charge in [0.25, 0.3) is 0 Å². The lowest BCUT2D eigenvalue weighted by Crippen LogP contribution is -2.39. The molecule has 32 heavy (non-hydrogen) atoms. The molecule has 0 radical (unpaired) electrons. The average Bonchev–Trinajstić information content (AvgIpc) is 3.13. The van der Waals surface area contributed by atoms with Gasteiger partial charge in [-0.05, 0) is 37.1 Å². The van der Waals surface area contributed by atoms with E-state index in [-0.39, 0.29) is 34.6 Å². The first-order chi connectivity index (χ1) is 15.4. The molecule has 1 aliphatic heterocycles. The molecule has 0 spiro atoms. The van der Waals surface area contributed by atoms with Gasteiger partial charge in [-0.2, -0.15) is 5.10 Å². The smallest absolute Gasteiger partial charge is 0.343 e. The second-order valence-corrected chi connectivity index (χ2v) is 10.1. The third-order valence-electron chi connectivity index (χ3n) is 5.86. The molecular formula is C23H26N4O4S. The number of piperidine rings is 1. The fourth-order valence-corrected chi connectivity index (χ4v) is 5.33. The van der Waals surface area contributed by atoms with Crippen molar-refractivity contribution in [2.24, 2.45) is 7.05 Å². The zero-order valence-corrected chi connectivity index (χ0v) is 18.7. The zero-order valence-electron chi connectivity index (χ0n) is 17.9. The van der Waals surface area contributed by atoms with Gasteiger partial charge >= 0.3 is 5.69 Å². The van der Waals surface area contributed by atoms with E-state index in [1.165, 1.54) is 4.68 Å². The van der Waals surface area contributed by atoms with E-state index in [9.17, 15) is 18.0 Å². The Morgan fingerprint density at radius 2 is 1.59 bits per heavy atom. The Labute approximate surface area is 187 Å². The lowest BCUT2D eigenvalue weighted by Gasteiger charge is -2.31. The second-order valence-electron chi connectivity index (χ2n) is 7.97. The zero-order chi connectivity index (χ0) is 22.7. The van der Waals surface area contributed by atoms with Crippen molar-refractivity contribution in [2.75, 3.05) is 18.8 Å². The lowest BCUT2D eigenvalue weighted by molar-refractivity contribution is -0.131. The largest absolute Gasteiger partial charge is 0.350 e. The van der Waals surface area contributed by atoms with Crippen LogP contribution in [0.15, 0.2) is 70.4 Å². The first-order valence-electron chi connectivity index (χ1n) is 10.6. The summed E-state index contributed by atoms with van der Waals surface area (Å²) in [6.07, 6.45) is 1.29. The summed E-state index contributed by atoms with van der Waals surface area (Å²) >= 11 is 0. The third kappa shape index (κ3) is 4.52. The highest BCUT2D eigenvalue weighted by Crippen LogP contribution is 2.28. The summed E-state index contributed by atoms with van der Waals surface area (Å²) < 4.78 is 27.9. The summed E-state index contributed by atoms with van der Waals surface area (Å²) in [6, 6.07) is 17.6. The van der Waals surface area contributed by atoms with Crippen LogP contribution in [0.3, 0.4) is 0 Å². The molecule has 1 fully saturated rings. The summed E-state index contributed by atoms with van der Waals surface area (Å²) in [5.41, 5.74) is 0.570. The van der Waals surface area contributed by atoms with Crippen LogP contribution in [0.4, 0.5) is 0 Å². The number of carbonyl (C=O) groups is 1. The number of nitrogens with zero attached hydrogens (tertiary/aromatic N) is 4. The van der Waals surface area contributed by atoms with Gasteiger partial charge in [0, 0.05) is 32.5 Å². The first-order valence-corrected chi connectivity index (χ1v) is 12.3. The van der Waals surface area contributed by atoms with Gasteiger partial charge in [-0.3, -0.25) is 4.79 Å². The summed E-state index contributed by atoms with van der Waals surface area (Å²) in [7, 11) is -1.85. The van der Waals surface area contributed by atoms with Gasteiger partial charge in [0.2, 0.25) is 5.91 Å². The number of aromatic nitrogens is 3. The van der Waals surface area contributed by atoms with Crippen molar-refractivity contribution >= 4 is 15.7 Å². The molecule has 1 aromatic heterocycles. The van der Waals surface area contributed by atoms with E-state index in [1.54, 1.807) is 46.8 Å². The van der Waals surface area contributed by atoms with Gasteiger partial charge in [-0.25, -0.2) is 22.5 Å². The number of benzene rings is 2. The Morgan fingerprint density at radius 1 is 1.00 bits per heavy atom. The van der Waals surface area contributed by atoms with E-state index in [0.717, 1.165) is 5.69 Å². The summed E-state index contributed by atoms with van der Waals surface area (Å²) in [6.45, 7) is 1.02. The molecule has 0 saturated carbocycles. The van der Waals surface area contributed by atoms with Crippen molar-refractivity contribution < 1.29 is 13.2 Å². The minimum atomic E-state index is -3.48. The number of rotatable bonds is 6. The first kappa shape index (κ1) is 22.0. The lowest BCUT2D eigenvalue weighted by atomic mass is 9.95. The standard InChI is InChI=1S/C23H26N4O4S/c1-25-23(29)27(19-8-4-2-5-9-19)22(24-25)18-12-15-26(16-13-18)21(28)14-17-32(30,31)20-10-6-3-7-11-20/h2-11,18H,12-17H2,1H3. The monoisotopic (exact) mass is 454 g/mol. The molecule has 4 rings (SSSR count). The number of hydrogen-bond acceptors (Lipinski definition) is 5. The van der Waals surface area contributed by atoms with Crippen LogP contribution in [0.2, 0.25) is 0 Å². The maximum Gasteiger partial charge on any atom is 0.350 e. The fraction of sp³-hybridized carbons (Fsp3) is 0.348. The second kappa shape index (κ2) is 9.12. The average molecular weight is 455 g/mol. The molecule has 0 aliphatic carbocycles. The predicted octanol–water partition coefficient (Wildman–Crippen LogP) is 2.14. The van der Waals surface area contributed by atoms with Crippen molar-refractivity contribution in [2.45, 2.75) is 30.1 Å². The van der Waals surface area contributed by atoms with E-state index < -0.39 is 9.84 Å². The van der Waals surface area contributed by atoms with Crippen LogP contribution < -0.4 is 5.69 Å². The molecule has 0 N–H and O–H groups in total. The number of carbonyl (C=O) groups excluding carboxylic acids is 1. The molecule has 3 aromatic rings. The maximum atomic E-state index is 12.7. The van der Waals surface area contributed by atoms with E-state index >= 15 is 0 Å². The summed E-state index contributed by atoms with van der Waals surface area (Å²) in [5.74, 6) is 0.372. The van der Waals surface area contributed by atoms with Crippen molar-refractivity contribution in [3.05, 3.63) is 77.0 Å². The van der Waals surface area contributed by atoms with Crippen LogP contribution in [-0.2, 0) is 21.7 Å². The topological polar surface area (TPSA) is 94.3 Å². The Bertz CT molecular complexity index is 1240. The molecule has 2 aromatic carbocycles. The minimum absolute atomic E-state index is 0.0415. The van der Waals surface area contributed by atoms with Crippen LogP contribution >= 0.6 is 0 Å². The summed E-state index contributed by atoms with van der Waals surface area (Å²) in [5, 5.41) is 4.47. The number of para-hydroxylation sites is 1. The SMILES string of the molecule is Cn1nc(C2CCN(C(=O)CCS(=O)(=O)c3ccccc3)CC2)n(-c2ccccc2)c1=O. The van der Waals surface area contributed by atoms with Gasteiger partial charge in [0.05, 0.1) is 16.3 Å². The van der Waals surface area contributed by atoms with E-state index in [2.05, 4.69) is 5.10 Å². The van der Waals surface area contributed by atoms with Crippen LogP contribution in [0.1, 0.15) is 31.0 Å². The van der Waals surface area contributed by atoms with Crippen molar-refractivity contribution in [1.82, 2.24) is 19.2 Å². The number of amides is 1. The van der Waals surface area contributed by atoms with Gasteiger partial charge in [-0.15, -0.1) is 0 Å². The minimum Gasteiger partial charge on any atom is -0.343 e. The van der Waals surface area contributed by atoms with Crippen molar-refractivity contribution in [1.29, 1.82) is 0 Å². The van der Waals surface area contributed by atoms with Crippen LogP contribution in [-0.4, -0.2) is 52.4 Å². The number of likely N-dealkylation sites (tertiary alicyclic amines) is 1. The molecule has 2 heterocycles. The number of hydrogen-bond donors (Lipinski definition) is 0. The number of aryl methyl sites for hydroxylation is 1. The van der Waals surface area contributed by atoms with Gasteiger partial charge in [-0.1, -0.05) is 36.4 Å². The Hall–Kier alpha value is -3.20. The van der Waals surface area contributed by atoms with Crippen LogP contribution in [0, 0.1) is 0 Å². The van der Waals surface area contributed by atoms with Gasteiger partial charge < -0.3 is 4.90 Å². The highest BCUT2D eigenvalue weighted by atomic mass is 32.2. The molecule has 0 unspecified atom stereocenters. The normalized spacial score (nSPS) is 15.1. The number of sulfone groups is 1. The molecule has 0 atom stereocenters. The molecule has 0 bridgehead atoms. The molecule has 9 heteroatoms. The molecular weight excluding hydrogens is 428 g/mol. The van der Waals surface area contributed by atoms with Crippen LogP contribution in [0.25, 0.3) is 5.69 Å². The van der Waals surface area contributed by atoms with Crippen LogP contribution in [0.5, 0.6) is 0 Å². The molecule has 1 saturated heterocycles. The Kier molecular flexibility index (Phi) is 6.27. The highest BCUT2D eigenvalue weighted by Gasteiger charge is 2.29. The van der Waals surface area contributed by atoms with E-state index in [0.29, 0.717) is 31.8 Å². The fourth-order valence-electron chi connectivity index (χ4n) is 4.08.